The summed E-state index contributed by atoms with van der Waals surface area (Å²) in [5.41, 5.74) is 0. The van der Waals surface area contributed by atoms with Gasteiger partial charge in [-0.05, 0) is 18.2 Å². The molecule has 3 rings (SSSR count). The van der Waals surface area contributed by atoms with E-state index in [0.717, 1.165) is 20.2 Å². The van der Waals surface area contributed by atoms with Gasteiger partial charge in [-0.3, -0.25) is 0 Å². The Balaban J connectivity index is 2.13. The molecule has 2 aromatic carbocycles. The van der Waals surface area contributed by atoms with Gasteiger partial charge >= 0.3 is 6.18 Å². The average molecular weight is 282 g/mol. The van der Waals surface area contributed by atoms with E-state index < -0.39 is 12.8 Å². The molecule has 1 aromatic heterocycles. The van der Waals surface area contributed by atoms with Gasteiger partial charge in [-0.25, -0.2) is 0 Å². The zero-order chi connectivity index (χ0) is 13.5. The van der Waals surface area contributed by atoms with Gasteiger partial charge in [0.1, 0.15) is 5.75 Å². The van der Waals surface area contributed by atoms with Crippen molar-refractivity contribution in [1.29, 1.82) is 0 Å². The summed E-state index contributed by atoms with van der Waals surface area (Å²) < 4.78 is 43.7. The lowest BCUT2D eigenvalue weighted by atomic mass is 10.1. The van der Waals surface area contributed by atoms with E-state index in [2.05, 4.69) is 0 Å². The Hall–Kier alpha value is -1.75. The molecule has 3 aromatic rings. The smallest absolute Gasteiger partial charge is 0.422 e. The fourth-order valence-electron chi connectivity index (χ4n) is 2.02. The minimum atomic E-state index is -4.33. The number of rotatable bonds is 2. The van der Waals surface area contributed by atoms with E-state index >= 15 is 0 Å². The predicted octanol–water partition coefficient (Wildman–Crippen LogP) is 5.00. The number of halogens is 3. The Kier molecular flexibility index (Phi) is 2.86. The van der Waals surface area contributed by atoms with Gasteiger partial charge in [0, 0.05) is 20.2 Å². The molecule has 0 saturated heterocycles. The standard InChI is InChI=1S/C14H9F3OS/c15-14(16,17)8-18-10-5-3-7-12-13(10)9-4-1-2-6-11(9)19-12/h1-7H,8H2. The van der Waals surface area contributed by atoms with Crippen LogP contribution in [0.5, 0.6) is 5.75 Å². The highest BCUT2D eigenvalue weighted by atomic mass is 32.1. The largest absolute Gasteiger partial charge is 0.483 e. The molecule has 19 heavy (non-hydrogen) atoms. The number of alkyl halides is 3. The quantitative estimate of drug-likeness (QED) is 0.643. The van der Waals surface area contributed by atoms with Gasteiger partial charge < -0.3 is 4.74 Å². The van der Waals surface area contributed by atoms with Crippen molar-refractivity contribution in [3.63, 3.8) is 0 Å². The van der Waals surface area contributed by atoms with Crippen LogP contribution in [0.15, 0.2) is 42.5 Å². The minimum absolute atomic E-state index is 0.285. The van der Waals surface area contributed by atoms with E-state index in [1.807, 2.05) is 30.3 Å². The second-order valence-corrected chi connectivity index (χ2v) is 5.22. The van der Waals surface area contributed by atoms with Gasteiger partial charge in [-0.1, -0.05) is 24.3 Å². The van der Waals surface area contributed by atoms with Crippen LogP contribution in [0.3, 0.4) is 0 Å². The summed E-state index contributed by atoms with van der Waals surface area (Å²) in [5, 5.41) is 1.69. The molecule has 1 nitrogen and oxygen atoms in total. The molecular formula is C14H9F3OS. The van der Waals surface area contributed by atoms with Crippen LogP contribution in [0.25, 0.3) is 20.2 Å². The van der Waals surface area contributed by atoms with Gasteiger partial charge in [0.2, 0.25) is 0 Å². The number of thiophene rings is 1. The first-order valence-electron chi connectivity index (χ1n) is 5.64. The molecule has 0 atom stereocenters. The van der Waals surface area contributed by atoms with Crippen LogP contribution in [0.4, 0.5) is 13.2 Å². The van der Waals surface area contributed by atoms with Crippen molar-refractivity contribution in [3.8, 4) is 5.75 Å². The highest BCUT2D eigenvalue weighted by Gasteiger charge is 2.28. The zero-order valence-corrected chi connectivity index (χ0v) is 10.5. The van der Waals surface area contributed by atoms with Crippen LogP contribution in [0.2, 0.25) is 0 Å². The van der Waals surface area contributed by atoms with E-state index in [4.69, 9.17) is 4.74 Å². The molecule has 98 valence electrons. The zero-order valence-electron chi connectivity index (χ0n) is 9.70. The number of ether oxygens (including phenoxy) is 1. The van der Waals surface area contributed by atoms with Crippen LogP contribution in [0.1, 0.15) is 0 Å². The van der Waals surface area contributed by atoms with Crippen LogP contribution in [0, 0.1) is 0 Å². The van der Waals surface area contributed by atoms with Crippen molar-refractivity contribution in [2.24, 2.45) is 0 Å². The third-order valence-corrected chi connectivity index (χ3v) is 3.89. The van der Waals surface area contributed by atoms with Crippen LogP contribution in [-0.2, 0) is 0 Å². The van der Waals surface area contributed by atoms with Gasteiger partial charge in [0.15, 0.2) is 6.61 Å². The number of benzene rings is 2. The van der Waals surface area contributed by atoms with Crippen molar-refractivity contribution in [1.82, 2.24) is 0 Å². The van der Waals surface area contributed by atoms with Gasteiger partial charge in [-0.15, -0.1) is 11.3 Å². The molecule has 0 fully saturated rings. The predicted molar refractivity (Wildman–Crippen MR) is 70.9 cm³/mol. The van der Waals surface area contributed by atoms with E-state index in [-0.39, 0.29) is 5.75 Å². The summed E-state index contributed by atoms with van der Waals surface area (Å²) in [6.07, 6.45) is -4.33. The molecule has 0 aliphatic heterocycles. The molecule has 0 aliphatic rings. The normalized spacial score (nSPS) is 12.2. The maximum absolute atomic E-state index is 12.3. The van der Waals surface area contributed by atoms with Crippen molar-refractivity contribution in [2.75, 3.05) is 6.61 Å². The van der Waals surface area contributed by atoms with Crippen molar-refractivity contribution in [2.45, 2.75) is 6.18 Å². The summed E-state index contributed by atoms with van der Waals surface area (Å²) in [6, 6.07) is 12.8. The monoisotopic (exact) mass is 282 g/mol. The molecule has 0 amide bonds. The summed E-state index contributed by atoms with van der Waals surface area (Å²) in [5.74, 6) is 0.285. The number of hydrogen-bond donors (Lipinski definition) is 0. The summed E-state index contributed by atoms with van der Waals surface area (Å²) in [4.78, 5) is 0. The third kappa shape index (κ3) is 2.38. The lowest BCUT2D eigenvalue weighted by Gasteiger charge is -2.10. The summed E-state index contributed by atoms with van der Waals surface area (Å²) >= 11 is 1.55. The van der Waals surface area contributed by atoms with E-state index in [0.29, 0.717) is 0 Å². The summed E-state index contributed by atoms with van der Waals surface area (Å²) in [6.45, 7) is -1.27. The lowest BCUT2D eigenvalue weighted by molar-refractivity contribution is -0.153. The van der Waals surface area contributed by atoms with Crippen molar-refractivity contribution < 1.29 is 17.9 Å². The number of fused-ring (bicyclic) bond motifs is 3. The molecule has 0 saturated carbocycles. The fraction of sp³-hybridized carbons (Fsp3) is 0.143. The molecule has 0 spiro atoms. The van der Waals surface area contributed by atoms with E-state index in [1.54, 1.807) is 23.5 Å². The van der Waals surface area contributed by atoms with E-state index in [1.165, 1.54) is 0 Å². The minimum Gasteiger partial charge on any atom is -0.483 e. The molecule has 1 heterocycles. The second kappa shape index (κ2) is 4.42. The first-order chi connectivity index (χ1) is 9.04. The van der Waals surface area contributed by atoms with Gasteiger partial charge in [-0.2, -0.15) is 13.2 Å². The Bertz CT molecular complexity index is 730. The second-order valence-electron chi connectivity index (χ2n) is 4.13. The molecule has 0 bridgehead atoms. The Morgan fingerprint density at radius 1 is 0.947 bits per heavy atom. The van der Waals surface area contributed by atoms with Crippen LogP contribution < -0.4 is 4.74 Å². The van der Waals surface area contributed by atoms with Crippen molar-refractivity contribution >= 4 is 31.5 Å². The molecule has 0 unspecified atom stereocenters. The maximum Gasteiger partial charge on any atom is 0.422 e. The molecular weight excluding hydrogens is 273 g/mol. The van der Waals surface area contributed by atoms with Gasteiger partial charge in [0.05, 0.1) is 0 Å². The van der Waals surface area contributed by atoms with E-state index in [9.17, 15) is 13.2 Å². The number of hydrogen-bond acceptors (Lipinski definition) is 2. The molecule has 0 aliphatic carbocycles. The highest BCUT2D eigenvalue weighted by Crippen LogP contribution is 2.39. The van der Waals surface area contributed by atoms with Crippen LogP contribution >= 0.6 is 11.3 Å². The first-order valence-corrected chi connectivity index (χ1v) is 6.46. The fourth-order valence-corrected chi connectivity index (χ4v) is 3.14. The average Bonchev–Trinajstić information content (AvgIpc) is 2.74. The SMILES string of the molecule is FC(F)(F)COc1cccc2sc3ccccc3c12. The lowest BCUT2D eigenvalue weighted by Crippen LogP contribution is -2.19. The van der Waals surface area contributed by atoms with Gasteiger partial charge in [0.25, 0.3) is 0 Å². The maximum atomic E-state index is 12.3. The first kappa shape index (κ1) is 12.3. The topological polar surface area (TPSA) is 9.23 Å². The molecule has 5 heteroatoms. The van der Waals surface area contributed by atoms with Crippen molar-refractivity contribution in [3.05, 3.63) is 42.5 Å². The molecule has 0 N–H and O–H groups in total. The highest BCUT2D eigenvalue weighted by molar-refractivity contribution is 7.25. The third-order valence-electron chi connectivity index (χ3n) is 2.76. The Morgan fingerprint density at radius 2 is 1.68 bits per heavy atom. The molecule has 0 radical (unpaired) electrons. The summed E-state index contributed by atoms with van der Waals surface area (Å²) in [7, 11) is 0. The Labute approximate surface area is 111 Å². The Morgan fingerprint density at radius 3 is 2.47 bits per heavy atom. The van der Waals surface area contributed by atoms with Crippen LogP contribution in [-0.4, -0.2) is 12.8 Å².